The Bertz CT molecular complexity index is 265. The van der Waals surface area contributed by atoms with Crippen molar-refractivity contribution in [1.82, 2.24) is 0 Å². The summed E-state index contributed by atoms with van der Waals surface area (Å²) < 4.78 is 0. The summed E-state index contributed by atoms with van der Waals surface area (Å²) in [5.74, 6) is 3.29. The Hall–Kier alpha value is -0.660. The standard InChI is InChI=1S/C14H22O2/c1-9-7-11(15)3-5-13(9)14-6-4-12(16)8-10(14)2/h9-10,13-14H,3-8H2,1-2H3. The van der Waals surface area contributed by atoms with Crippen molar-refractivity contribution >= 4 is 11.6 Å². The number of hydrogen-bond donors (Lipinski definition) is 0. The largest absolute Gasteiger partial charge is 0.300 e. The van der Waals surface area contributed by atoms with Gasteiger partial charge in [-0.1, -0.05) is 13.8 Å². The molecule has 0 saturated heterocycles. The molecule has 0 aromatic carbocycles. The summed E-state index contributed by atoms with van der Waals surface area (Å²) >= 11 is 0. The average molecular weight is 222 g/mol. The normalized spacial score (nSPS) is 41.1. The van der Waals surface area contributed by atoms with Crippen molar-refractivity contribution in [2.24, 2.45) is 23.7 Å². The lowest BCUT2D eigenvalue weighted by Crippen LogP contribution is -2.35. The second kappa shape index (κ2) is 4.68. The monoisotopic (exact) mass is 222 g/mol. The van der Waals surface area contributed by atoms with Crippen LogP contribution in [0, 0.1) is 23.7 Å². The Labute approximate surface area is 97.8 Å². The van der Waals surface area contributed by atoms with Gasteiger partial charge in [0.05, 0.1) is 0 Å². The molecule has 2 fully saturated rings. The quantitative estimate of drug-likeness (QED) is 0.683. The molecular formula is C14H22O2. The van der Waals surface area contributed by atoms with E-state index in [9.17, 15) is 9.59 Å². The van der Waals surface area contributed by atoms with Crippen molar-refractivity contribution in [3.63, 3.8) is 0 Å². The molecule has 0 bridgehead atoms. The van der Waals surface area contributed by atoms with Gasteiger partial charge >= 0.3 is 0 Å². The first-order valence-corrected chi connectivity index (χ1v) is 6.61. The predicted octanol–water partition coefficient (Wildman–Crippen LogP) is 3.00. The van der Waals surface area contributed by atoms with E-state index in [0.717, 1.165) is 38.5 Å². The van der Waals surface area contributed by atoms with Crippen LogP contribution in [0.3, 0.4) is 0 Å². The van der Waals surface area contributed by atoms with Gasteiger partial charge in [0.1, 0.15) is 11.6 Å². The smallest absolute Gasteiger partial charge is 0.133 e. The van der Waals surface area contributed by atoms with Crippen molar-refractivity contribution in [2.45, 2.75) is 52.4 Å². The van der Waals surface area contributed by atoms with Crippen LogP contribution in [0.5, 0.6) is 0 Å². The minimum atomic E-state index is 0.434. The first-order chi connectivity index (χ1) is 7.58. The topological polar surface area (TPSA) is 34.1 Å². The lowest BCUT2D eigenvalue weighted by atomic mass is 9.64. The second-order valence-electron chi connectivity index (χ2n) is 5.85. The molecule has 4 atom stereocenters. The lowest BCUT2D eigenvalue weighted by Gasteiger charge is -2.40. The Morgan fingerprint density at radius 3 is 1.50 bits per heavy atom. The van der Waals surface area contributed by atoms with E-state index in [-0.39, 0.29) is 0 Å². The molecule has 0 radical (unpaired) electrons. The molecule has 0 aromatic rings. The molecule has 2 saturated carbocycles. The van der Waals surface area contributed by atoms with Crippen molar-refractivity contribution in [2.75, 3.05) is 0 Å². The summed E-state index contributed by atoms with van der Waals surface area (Å²) in [4.78, 5) is 22.8. The molecule has 2 nitrogen and oxygen atoms in total. The molecule has 0 amide bonds. The van der Waals surface area contributed by atoms with Crippen LogP contribution < -0.4 is 0 Å². The van der Waals surface area contributed by atoms with Gasteiger partial charge in [-0.25, -0.2) is 0 Å². The lowest BCUT2D eigenvalue weighted by molar-refractivity contribution is -0.127. The average Bonchev–Trinajstić information content (AvgIpc) is 2.19. The molecule has 0 aromatic heterocycles. The van der Waals surface area contributed by atoms with E-state index >= 15 is 0 Å². The highest BCUT2D eigenvalue weighted by atomic mass is 16.1. The number of carbonyl (C=O) groups is 2. The van der Waals surface area contributed by atoms with Gasteiger partial charge in [-0.05, 0) is 36.5 Å². The van der Waals surface area contributed by atoms with Gasteiger partial charge in [-0.15, -0.1) is 0 Å². The van der Waals surface area contributed by atoms with E-state index < -0.39 is 0 Å². The zero-order chi connectivity index (χ0) is 11.7. The molecule has 2 aliphatic carbocycles. The molecule has 0 heterocycles. The van der Waals surface area contributed by atoms with Crippen molar-refractivity contribution in [1.29, 1.82) is 0 Å². The molecule has 2 heteroatoms. The third-order valence-electron chi connectivity index (χ3n) is 4.62. The third-order valence-corrected chi connectivity index (χ3v) is 4.62. The number of carbonyl (C=O) groups excluding carboxylic acids is 2. The Balaban J connectivity index is 2.01. The Morgan fingerprint density at radius 1 is 0.812 bits per heavy atom. The maximum atomic E-state index is 11.4. The number of hydrogen-bond acceptors (Lipinski definition) is 2. The van der Waals surface area contributed by atoms with Gasteiger partial charge in [0.25, 0.3) is 0 Å². The van der Waals surface area contributed by atoms with Gasteiger partial charge in [-0.3, -0.25) is 9.59 Å². The fourth-order valence-corrected chi connectivity index (χ4v) is 3.72. The van der Waals surface area contributed by atoms with Crippen molar-refractivity contribution in [3.05, 3.63) is 0 Å². The van der Waals surface area contributed by atoms with Crippen LogP contribution in [-0.4, -0.2) is 11.6 Å². The molecule has 16 heavy (non-hydrogen) atoms. The highest BCUT2D eigenvalue weighted by Crippen LogP contribution is 2.42. The number of rotatable bonds is 1. The van der Waals surface area contributed by atoms with Gasteiger partial charge in [0, 0.05) is 25.7 Å². The van der Waals surface area contributed by atoms with Crippen LogP contribution >= 0.6 is 0 Å². The Kier molecular flexibility index (Phi) is 3.46. The van der Waals surface area contributed by atoms with Crippen molar-refractivity contribution < 1.29 is 9.59 Å². The molecule has 0 N–H and O–H groups in total. The molecule has 0 aliphatic heterocycles. The van der Waals surface area contributed by atoms with Crippen molar-refractivity contribution in [3.8, 4) is 0 Å². The van der Waals surface area contributed by atoms with Gasteiger partial charge in [-0.2, -0.15) is 0 Å². The maximum Gasteiger partial charge on any atom is 0.133 e. The molecule has 2 aliphatic rings. The molecule has 2 rings (SSSR count). The number of ketones is 2. The van der Waals surface area contributed by atoms with E-state index in [1.165, 1.54) is 0 Å². The van der Waals surface area contributed by atoms with Gasteiger partial charge in [0.15, 0.2) is 0 Å². The SMILES string of the molecule is CC1CC(=O)CCC1C1CCC(=O)CC1C. The van der Waals surface area contributed by atoms with Crippen LogP contribution in [0.15, 0.2) is 0 Å². The first-order valence-electron chi connectivity index (χ1n) is 6.61. The van der Waals surface area contributed by atoms with E-state index in [4.69, 9.17) is 0 Å². The van der Waals surface area contributed by atoms with Crippen LogP contribution in [0.2, 0.25) is 0 Å². The summed E-state index contributed by atoms with van der Waals surface area (Å²) in [5, 5.41) is 0. The van der Waals surface area contributed by atoms with Crippen LogP contribution in [-0.2, 0) is 9.59 Å². The molecule has 90 valence electrons. The summed E-state index contributed by atoms with van der Waals surface area (Å²) in [6.07, 6.45) is 5.19. The summed E-state index contributed by atoms with van der Waals surface area (Å²) in [7, 11) is 0. The third kappa shape index (κ3) is 2.36. The molecular weight excluding hydrogens is 200 g/mol. The minimum Gasteiger partial charge on any atom is -0.300 e. The summed E-state index contributed by atoms with van der Waals surface area (Å²) in [6, 6.07) is 0. The van der Waals surface area contributed by atoms with E-state index in [1.807, 2.05) is 0 Å². The highest BCUT2D eigenvalue weighted by molar-refractivity contribution is 5.80. The van der Waals surface area contributed by atoms with E-state index in [1.54, 1.807) is 0 Å². The Morgan fingerprint density at radius 2 is 1.19 bits per heavy atom. The number of Topliss-reactive ketones (excluding diaryl/α,β-unsaturated/α-hetero) is 2. The fraction of sp³-hybridized carbons (Fsp3) is 0.857. The van der Waals surface area contributed by atoms with Crippen LogP contribution in [0.4, 0.5) is 0 Å². The zero-order valence-electron chi connectivity index (χ0n) is 10.4. The van der Waals surface area contributed by atoms with E-state index in [0.29, 0.717) is 35.2 Å². The summed E-state index contributed by atoms with van der Waals surface area (Å²) in [6.45, 7) is 4.43. The van der Waals surface area contributed by atoms with E-state index in [2.05, 4.69) is 13.8 Å². The zero-order valence-corrected chi connectivity index (χ0v) is 10.4. The molecule has 4 unspecified atom stereocenters. The first kappa shape index (κ1) is 11.8. The maximum absolute atomic E-state index is 11.4. The predicted molar refractivity (Wildman–Crippen MR) is 63.0 cm³/mol. The molecule has 0 spiro atoms. The van der Waals surface area contributed by atoms with Crippen LogP contribution in [0.1, 0.15) is 52.4 Å². The minimum absolute atomic E-state index is 0.434. The van der Waals surface area contributed by atoms with Crippen LogP contribution in [0.25, 0.3) is 0 Å². The van der Waals surface area contributed by atoms with Gasteiger partial charge < -0.3 is 0 Å². The summed E-state index contributed by atoms with van der Waals surface area (Å²) in [5.41, 5.74) is 0. The fourth-order valence-electron chi connectivity index (χ4n) is 3.72. The van der Waals surface area contributed by atoms with Gasteiger partial charge in [0.2, 0.25) is 0 Å². The second-order valence-corrected chi connectivity index (χ2v) is 5.85. The highest BCUT2D eigenvalue weighted by Gasteiger charge is 2.37.